The molecule has 0 amide bonds. The van der Waals surface area contributed by atoms with Gasteiger partial charge in [-0.2, -0.15) is 13.2 Å². The molecule has 3 heterocycles. The van der Waals surface area contributed by atoms with Crippen LogP contribution in [0.4, 0.5) is 13.2 Å². The van der Waals surface area contributed by atoms with Gasteiger partial charge in [0.2, 0.25) is 0 Å². The number of aryl methyl sites for hydroxylation is 1. The summed E-state index contributed by atoms with van der Waals surface area (Å²) in [6.45, 7) is 3.48. The third-order valence-corrected chi connectivity index (χ3v) is 8.97. The average Bonchev–Trinajstić information content (AvgIpc) is 3.19. The molecule has 204 valence electrons. The van der Waals surface area contributed by atoms with E-state index in [1.807, 2.05) is 37.3 Å². The third kappa shape index (κ3) is 6.91. The number of hydrogen-bond donors (Lipinski definition) is 0. The minimum atomic E-state index is -4.34. The molecule has 5 rings (SSSR count). The van der Waals surface area contributed by atoms with Gasteiger partial charge in [0, 0.05) is 47.5 Å². The number of carbonyl (C=O) groups excluding carboxylic acids is 1. The third-order valence-electron chi connectivity index (χ3n) is 7.90. The largest absolute Gasteiger partial charge is 0.460 e. The minimum Gasteiger partial charge on any atom is -0.460 e. The number of thiazole rings is 1. The number of aromatic nitrogens is 2. The van der Waals surface area contributed by atoms with Crippen LogP contribution in [0.5, 0.6) is 5.19 Å². The van der Waals surface area contributed by atoms with Gasteiger partial charge in [-0.25, -0.2) is 4.98 Å². The Hall–Kier alpha value is -2.52. The highest BCUT2D eigenvalue weighted by molar-refractivity contribution is 7.13. The predicted octanol–water partition coefficient (Wildman–Crippen LogP) is 6.81. The molecule has 1 aromatic carbocycles. The molecular weight excluding hydrogens is 511 g/mol. The number of carbonyl (C=O) groups is 1. The van der Waals surface area contributed by atoms with Crippen LogP contribution in [-0.2, 0) is 12.8 Å². The van der Waals surface area contributed by atoms with E-state index >= 15 is 0 Å². The molecule has 1 aliphatic heterocycles. The van der Waals surface area contributed by atoms with Gasteiger partial charge in [0.1, 0.15) is 0 Å². The molecule has 0 N–H and O–H groups in total. The highest BCUT2D eigenvalue weighted by Gasteiger charge is 2.30. The van der Waals surface area contributed by atoms with Gasteiger partial charge in [0.25, 0.3) is 5.19 Å². The zero-order chi connectivity index (χ0) is 26.7. The zero-order valence-corrected chi connectivity index (χ0v) is 22.5. The topological polar surface area (TPSA) is 55.3 Å². The van der Waals surface area contributed by atoms with Crippen LogP contribution in [0, 0.1) is 18.8 Å². The number of rotatable bonds is 8. The van der Waals surface area contributed by atoms with Crippen LogP contribution in [0.2, 0.25) is 0 Å². The summed E-state index contributed by atoms with van der Waals surface area (Å²) in [4.78, 5) is 25.5. The van der Waals surface area contributed by atoms with Crippen molar-refractivity contribution in [2.24, 2.45) is 11.8 Å². The van der Waals surface area contributed by atoms with Gasteiger partial charge in [-0.15, -0.1) is 0 Å². The first kappa shape index (κ1) is 27.1. The summed E-state index contributed by atoms with van der Waals surface area (Å²) < 4.78 is 42.1. The second kappa shape index (κ2) is 11.7. The zero-order valence-electron chi connectivity index (χ0n) is 21.7. The van der Waals surface area contributed by atoms with Crippen molar-refractivity contribution in [3.05, 3.63) is 52.2 Å². The fraction of sp³-hybridized carbons (Fsp3) is 0.552. The standard InChI is InChI=1S/C29H34F3N3O2S/c1-19-5-10-22-23(3-2-4-24(22)33-19)26(36)17-21-8-6-20(7-9-21)11-14-35-15-12-25-27(13-16-35)38-28(34-25)37-18-29(30,31)32/h2-5,10,20-21H,6-9,11-18H2,1H3. The number of Topliss-reactive ketones (excluding diaryl/α,β-unsaturated/α-hetero) is 1. The SMILES string of the molecule is Cc1ccc2c(C(=O)CC3CCC(CCN4CCc5nc(OCC(F)(F)F)sc5CC4)CC3)cccc2n1. The molecule has 2 aromatic heterocycles. The van der Waals surface area contributed by atoms with E-state index in [1.165, 1.54) is 11.3 Å². The summed E-state index contributed by atoms with van der Waals surface area (Å²) in [6, 6.07) is 9.81. The molecule has 1 saturated carbocycles. The fourth-order valence-corrected chi connectivity index (χ4v) is 6.72. The molecule has 0 saturated heterocycles. The number of pyridine rings is 1. The maximum Gasteiger partial charge on any atom is 0.422 e. The van der Waals surface area contributed by atoms with Gasteiger partial charge in [0.05, 0.1) is 11.2 Å². The normalized spacial score (nSPS) is 20.7. The Labute approximate surface area is 225 Å². The number of ketones is 1. The van der Waals surface area contributed by atoms with Crippen LogP contribution in [0.15, 0.2) is 30.3 Å². The summed E-state index contributed by atoms with van der Waals surface area (Å²) >= 11 is 1.25. The molecule has 1 fully saturated rings. The number of fused-ring (bicyclic) bond motifs is 2. The number of ether oxygens (including phenoxy) is 1. The Morgan fingerprint density at radius 3 is 2.61 bits per heavy atom. The van der Waals surface area contributed by atoms with E-state index in [4.69, 9.17) is 4.74 Å². The molecule has 0 atom stereocenters. The van der Waals surface area contributed by atoms with E-state index < -0.39 is 12.8 Å². The molecule has 2 aliphatic rings. The number of hydrogen-bond acceptors (Lipinski definition) is 6. The van der Waals surface area contributed by atoms with Gasteiger partial charge in [-0.1, -0.05) is 42.4 Å². The summed E-state index contributed by atoms with van der Waals surface area (Å²) in [6.07, 6.45) is 3.49. The van der Waals surface area contributed by atoms with Crippen molar-refractivity contribution in [2.75, 3.05) is 26.2 Å². The molecular formula is C29H34F3N3O2S. The smallest absolute Gasteiger partial charge is 0.422 e. The first-order valence-electron chi connectivity index (χ1n) is 13.5. The summed E-state index contributed by atoms with van der Waals surface area (Å²) in [5, 5.41) is 1.08. The van der Waals surface area contributed by atoms with Crippen molar-refractivity contribution < 1.29 is 22.7 Å². The average molecular weight is 546 g/mol. The van der Waals surface area contributed by atoms with Gasteiger partial charge in [-0.3, -0.25) is 9.78 Å². The lowest BCUT2D eigenvalue weighted by molar-refractivity contribution is -0.153. The lowest BCUT2D eigenvalue weighted by Gasteiger charge is -2.30. The summed E-state index contributed by atoms with van der Waals surface area (Å²) in [7, 11) is 0. The van der Waals surface area contributed by atoms with Crippen LogP contribution in [0.1, 0.15) is 65.1 Å². The number of benzene rings is 1. The molecule has 0 bridgehead atoms. The monoisotopic (exact) mass is 545 g/mol. The Morgan fingerprint density at radius 2 is 1.82 bits per heavy atom. The van der Waals surface area contributed by atoms with Crippen LogP contribution in [-0.4, -0.2) is 53.1 Å². The van der Waals surface area contributed by atoms with Crippen LogP contribution < -0.4 is 4.74 Å². The van der Waals surface area contributed by atoms with Crippen molar-refractivity contribution >= 4 is 28.0 Å². The Morgan fingerprint density at radius 1 is 1.05 bits per heavy atom. The lowest BCUT2D eigenvalue weighted by atomic mass is 9.78. The maximum absolute atomic E-state index is 13.1. The van der Waals surface area contributed by atoms with E-state index in [1.54, 1.807) is 0 Å². The van der Waals surface area contributed by atoms with Gasteiger partial charge < -0.3 is 9.64 Å². The molecule has 9 heteroatoms. The summed E-state index contributed by atoms with van der Waals surface area (Å²) in [5.74, 6) is 1.35. The molecule has 38 heavy (non-hydrogen) atoms. The predicted molar refractivity (Wildman–Crippen MR) is 143 cm³/mol. The maximum atomic E-state index is 13.1. The Bertz CT molecular complexity index is 1240. The molecule has 0 radical (unpaired) electrons. The van der Waals surface area contributed by atoms with Crippen molar-refractivity contribution in [1.82, 2.24) is 14.9 Å². The Kier molecular flexibility index (Phi) is 8.33. The molecule has 3 aromatic rings. The second-order valence-electron chi connectivity index (χ2n) is 10.7. The molecule has 0 unspecified atom stereocenters. The highest BCUT2D eigenvalue weighted by atomic mass is 32.1. The quantitative estimate of drug-likeness (QED) is 0.291. The van der Waals surface area contributed by atoms with E-state index in [9.17, 15) is 18.0 Å². The van der Waals surface area contributed by atoms with Gasteiger partial charge in [-0.05, 0) is 63.1 Å². The van der Waals surface area contributed by atoms with Crippen molar-refractivity contribution in [1.29, 1.82) is 0 Å². The Balaban J connectivity index is 1.05. The van der Waals surface area contributed by atoms with E-state index in [0.29, 0.717) is 18.3 Å². The van der Waals surface area contributed by atoms with Gasteiger partial charge >= 0.3 is 6.18 Å². The van der Waals surface area contributed by atoms with E-state index in [-0.39, 0.29) is 11.0 Å². The van der Waals surface area contributed by atoms with E-state index in [2.05, 4.69) is 14.9 Å². The van der Waals surface area contributed by atoms with E-state index in [0.717, 1.165) is 97.3 Å². The van der Waals surface area contributed by atoms with Crippen molar-refractivity contribution in [3.8, 4) is 5.19 Å². The number of halogens is 3. The van der Waals surface area contributed by atoms with Crippen LogP contribution >= 0.6 is 11.3 Å². The number of nitrogens with zero attached hydrogens (tertiary/aromatic N) is 3. The lowest BCUT2D eigenvalue weighted by Crippen LogP contribution is -2.30. The summed E-state index contributed by atoms with van der Waals surface area (Å²) in [5.41, 5.74) is 3.52. The second-order valence-corrected chi connectivity index (χ2v) is 11.8. The first-order chi connectivity index (χ1) is 18.2. The number of alkyl halides is 3. The first-order valence-corrected chi connectivity index (χ1v) is 14.4. The van der Waals surface area contributed by atoms with Crippen molar-refractivity contribution in [2.45, 2.75) is 64.5 Å². The molecule has 1 aliphatic carbocycles. The molecule has 0 spiro atoms. The fourth-order valence-electron chi connectivity index (χ4n) is 5.78. The van der Waals surface area contributed by atoms with Crippen LogP contribution in [0.25, 0.3) is 10.9 Å². The van der Waals surface area contributed by atoms with Gasteiger partial charge in [0.15, 0.2) is 12.4 Å². The minimum absolute atomic E-state index is 0.128. The van der Waals surface area contributed by atoms with Crippen LogP contribution in [0.3, 0.4) is 0 Å². The molecule has 5 nitrogen and oxygen atoms in total. The van der Waals surface area contributed by atoms with Crippen molar-refractivity contribution in [3.63, 3.8) is 0 Å². The highest BCUT2D eigenvalue weighted by Crippen LogP contribution is 2.35.